The summed E-state index contributed by atoms with van der Waals surface area (Å²) in [5.41, 5.74) is 9.27. The van der Waals surface area contributed by atoms with Crippen molar-refractivity contribution < 1.29 is 14.2 Å². The van der Waals surface area contributed by atoms with Crippen molar-refractivity contribution in [2.75, 3.05) is 12.3 Å². The Morgan fingerprint density at radius 3 is 2.81 bits per heavy atom. The highest BCUT2D eigenvalue weighted by molar-refractivity contribution is 5.84. The lowest BCUT2D eigenvalue weighted by molar-refractivity contribution is 0.227. The van der Waals surface area contributed by atoms with Crippen LogP contribution in [-0.4, -0.2) is 36.3 Å². The van der Waals surface area contributed by atoms with E-state index in [0.29, 0.717) is 23.2 Å². The van der Waals surface area contributed by atoms with E-state index in [9.17, 15) is 9.50 Å². The average Bonchev–Trinajstić information content (AvgIpc) is 3.44. The number of nitrogen functional groups attached to an aromatic ring is 1. The van der Waals surface area contributed by atoms with Gasteiger partial charge in [-0.1, -0.05) is 0 Å². The summed E-state index contributed by atoms with van der Waals surface area (Å²) >= 11 is 0. The largest absolute Gasteiger partial charge is 0.482 e. The quantitative estimate of drug-likeness (QED) is 0.425. The van der Waals surface area contributed by atoms with Crippen molar-refractivity contribution in [3.05, 3.63) is 72.4 Å². The minimum absolute atomic E-state index is 0.0189. The number of fused-ring (bicyclic) bond motifs is 2. The first kappa shape index (κ1) is 20.0. The molecule has 0 saturated carbocycles. The van der Waals surface area contributed by atoms with Gasteiger partial charge in [0.1, 0.15) is 11.9 Å². The van der Waals surface area contributed by atoms with E-state index in [1.807, 2.05) is 31.3 Å². The van der Waals surface area contributed by atoms with Crippen molar-refractivity contribution in [1.29, 1.82) is 0 Å². The number of aromatic nitrogens is 5. The van der Waals surface area contributed by atoms with E-state index in [4.69, 9.17) is 10.5 Å². The second-order valence-corrected chi connectivity index (χ2v) is 7.48. The second kappa shape index (κ2) is 7.93. The molecule has 3 N–H and O–H groups in total. The van der Waals surface area contributed by atoms with E-state index in [-0.39, 0.29) is 18.2 Å². The molecule has 5 aromatic rings. The van der Waals surface area contributed by atoms with Crippen molar-refractivity contribution in [1.82, 2.24) is 24.5 Å². The Labute approximate surface area is 182 Å². The molecule has 0 aliphatic heterocycles. The second-order valence-electron chi connectivity index (χ2n) is 7.48. The van der Waals surface area contributed by atoms with E-state index < -0.39 is 6.10 Å². The van der Waals surface area contributed by atoms with Crippen molar-refractivity contribution in [2.24, 2.45) is 0 Å². The van der Waals surface area contributed by atoms with Gasteiger partial charge in [-0.15, -0.1) is 0 Å². The fourth-order valence-electron chi connectivity index (χ4n) is 3.83. The van der Waals surface area contributed by atoms with E-state index in [0.717, 1.165) is 22.2 Å². The molecule has 32 heavy (non-hydrogen) atoms. The Balaban J connectivity index is 1.59. The van der Waals surface area contributed by atoms with Crippen molar-refractivity contribution in [3.8, 4) is 11.4 Å². The van der Waals surface area contributed by atoms with Gasteiger partial charge in [0.2, 0.25) is 0 Å². The van der Waals surface area contributed by atoms with Crippen molar-refractivity contribution >= 4 is 27.6 Å². The molecule has 0 fully saturated rings. The third-order valence-electron chi connectivity index (χ3n) is 5.36. The Morgan fingerprint density at radius 1 is 1.16 bits per heavy atom. The normalized spacial score (nSPS) is 12.5. The van der Waals surface area contributed by atoms with Crippen LogP contribution < -0.4 is 10.5 Å². The fourth-order valence-corrected chi connectivity index (χ4v) is 3.83. The van der Waals surface area contributed by atoms with Gasteiger partial charge in [-0.3, -0.25) is 4.68 Å². The topological polar surface area (TPSA) is 104 Å². The van der Waals surface area contributed by atoms with Crippen LogP contribution in [0, 0.1) is 5.82 Å². The van der Waals surface area contributed by atoms with E-state index in [1.54, 1.807) is 33.9 Å². The minimum Gasteiger partial charge on any atom is -0.482 e. The van der Waals surface area contributed by atoms with Gasteiger partial charge in [0.05, 0.1) is 36.1 Å². The third kappa shape index (κ3) is 3.52. The lowest BCUT2D eigenvalue weighted by Gasteiger charge is -2.20. The number of anilines is 1. The highest BCUT2D eigenvalue weighted by Gasteiger charge is 2.19. The van der Waals surface area contributed by atoms with Crippen LogP contribution in [0.1, 0.15) is 18.6 Å². The third-order valence-corrected chi connectivity index (χ3v) is 5.36. The maximum absolute atomic E-state index is 13.7. The summed E-state index contributed by atoms with van der Waals surface area (Å²) in [6.07, 6.45) is 4.87. The summed E-state index contributed by atoms with van der Waals surface area (Å²) < 4.78 is 23.4. The predicted molar refractivity (Wildman–Crippen MR) is 119 cm³/mol. The number of pyridine rings is 1. The Hall–Kier alpha value is -3.98. The molecule has 0 amide bonds. The number of nitrogens with two attached hydrogens (primary N) is 1. The van der Waals surface area contributed by atoms with Gasteiger partial charge >= 0.3 is 0 Å². The van der Waals surface area contributed by atoms with Crippen molar-refractivity contribution in [3.63, 3.8) is 0 Å². The molecular formula is C23H21FN6O2. The van der Waals surface area contributed by atoms with Crippen LogP contribution in [0.4, 0.5) is 10.2 Å². The molecule has 5 rings (SSSR count). The molecule has 3 aromatic heterocycles. The molecule has 2 aromatic carbocycles. The van der Waals surface area contributed by atoms with Crippen molar-refractivity contribution in [2.45, 2.75) is 19.6 Å². The van der Waals surface area contributed by atoms with Gasteiger partial charge < -0.3 is 15.6 Å². The molecule has 162 valence electrons. The SMILES string of the molecule is CC(Oc1cc2cc(F)ccc2nc1N)c1cc2c(cnn2CCO)cc1-n1cccn1. The molecule has 1 unspecified atom stereocenters. The zero-order chi connectivity index (χ0) is 22.2. The van der Waals surface area contributed by atoms with Gasteiger partial charge in [0.25, 0.3) is 0 Å². The monoisotopic (exact) mass is 432 g/mol. The maximum atomic E-state index is 13.7. The molecule has 0 aliphatic carbocycles. The number of hydrogen-bond donors (Lipinski definition) is 2. The van der Waals surface area contributed by atoms with E-state index >= 15 is 0 Å². The predicted octanol–water partition coefficient (Wildman–Crippen LogP) is 3.62. The molecule has 9 heteroatoms. The lowest BCUT2D eigenvalue weighted by atomic mass is 10.1. The molecule has 0 saturated heterocycles. The molecule has 0 spiro atoms. The van der Waals surface area contributed by atoms with Crippen LogP contribution in [-0.2, 0) is 6.54 Å². The first-order chi connectivity index (χ1) is 15.5. The minimum atomic E-state index is -0.439. The summed E-state index contributed by atoms with van der Waals surface area (Å²) in [7, 11) is 0. The summed E-state index contributed by atoms with van der Waals surface area (Å²) in [4.78, 5) is 4.34. The first-order valence-corrected chi connectivity index (χ1v) is 10.2. The summed E-state index contributed by atoms with van der Waals surface area (Å²) in [6, 6.07) is 11.8. The van der Waals surface area contributed by atoms with Crippen LogP contribution >= 0.6 is 0 Å². The summed E-state index contributed by atoms with van der Waals surface area (Å²) in [5.74, 6) is 0.237. The van der Waals surface area contributed by atoms with Crippen LogP contribution in [0.25, 0.3) is 27.5 Å². The van der Waals surface area contributed by atoms with Crippen LogP contribution in [0.15, 0.2) is 61.1 Å². The number of ether oxygens (including phenoxy) is 1. The molecule has 8 nitrogen and oxygen atoms in total. The number of rotatable bonds is 6. The smallest absolute Gasteiger partial charge is 0.166 e. The molecular weight excluding hydrogens is 411 g/mol. The number of benzene rings is 2. The van der Waals surface area contributed by atoms with Gasteiger partial charge in [-0.2, -0.15) is 10.2 Å². The van der Waals surface area contributed by atoms with Crippen LogP contribution in [0.5, 0.6) is 5.75 Å². The van der Waals surface area contributed by atoms with Crippen LogP contribution in [0.3, 0.4) is 0 Å². The van der Waals surface area contributed by atoms with Gasteiger partial charge in [0.15, 0.2) is 11.6 Å². The Kier molecular flexibility index (Phi) is 4.95. The zero-order valence-corrected chi connectivity index (χ0v) is 17.3. The van der Waals surface area contributed by atoms with Gasteiger partial charge in [-0.25, -0.2) is 14.1 Å². The fraction of sp³-hybridized carbons (Fsp3) is 0.174. The zero-order valence-electron chi connectivity index (χ0n) is 17.3. The van der Waals surface area contributed by atoms with E-state index in [2.05, 4.69) is 15.2 Å². The summed E-state index contributed by atoms with van der Waals surface area (Å²) in [5, 5.41) is 19.6. The maximum Gasteiger partial charge on any atom is 0.166 e. The van der Waals surface area contributed by atoms with E-state index in [1.165, 1.54) is 12.1 Å². The van der Waals surface area contributed by atoms with Crippen LogP contribution in [0.2, 0.25) is 0 Å². The molecule has 3 heterocycles. The number of nitrogens with zero attached hydrogens (tertiary/aromatic N) is 5. The van der Waals surface area contributed by atoms with Gasteiger partial charge in [0, 0.05) is 28.7 Å². The molecule has 1 atom stereocenters. The Morgan fingerprint density at radius 2 is 2.03 bits per heavy atom. The highest BCUT2D eigenvalue weighted by Crippen LogP contribution is 2.33. The number of aliphatic hydroxyl groups is 1. The Bertz CT molecular complexity index is 1410. The number of aliphatic hydroxyl groups excluding tert-OH is 1. The first-order valence-electron chi connectivity index (χ1n) is 10.2. The summed E-state index contributed by atoms with van der Waals surface area (Å²) in [6.45, 7) is 2.26. The standard InChI is InChI=1S/C23H21FN6O2/c1-14(32-22-11-15-9-17(24)3-4-19(15)28-23(22)25)18-12-20-16(13-27-30(20)7-8-31)10-21(18)29-6-2-5-26-29/h2-6,9-14,31H,7-8H2,1H3,(H2,25,28). The molecule has 0 radical (unpaired) electrons. The molecule has 0 bridgehead atoms. The molecule has 0 aliphatic rings. The number of hydrogen-bond acceptors (Lipinski definition) is 6. The van der Waals surface area contributed by atoms with Gasteiger partial charge in [-0.05, 0) is 49.4 Å². The lowest BCUT2D eigenvalue weighted by Crippen LogP contribution is -2.11. The average molecular weight is 432 g/mol. The highest BCUT2D eigenvalue weighted by atomic mass is 19.1. The number of halogens is 1.